The number of benzene rings is 2. The third kappa shape index (κ3) is 5.00. The van der Waals surface area contributed by atoms with Gasteiger partial charge in [-0.15, -0.1) is 0 Å². The van der Waals surface area contributed by atoms with E-state index < -0.39 is 0 Å². The Kier molecular flexibility index (Phi) is 7.48. The van der Waals surface area contributed by atoms with Crippen LogP contribution in [0.1, 0.15) is 22.8 Å². The summed E-state index contributed by atoms with van der Waals surface area (Å²) >= 11 is 14.8. The molecule has 4 nitrogen and oxygen atoms in total. The standard InChI is InChI=1S/C34H20Br4N4/c35-33(36)31-25-15-11-21(39-25)29(19-7-3-1-4-8-19)22-12-16-26(40-22)32(34(37)38)28-18-14-24(42-28)30(20-9-5-2-6-10-20)23-13-17-27(31)41-23/h1-18,39,42H. The second-order valence-corrected chi connectivity index (χ2v) is 15.1. The van der Waals surface area contributed by atoms with Crippen LogP contribution in [-0.4, -0.2) is 19.9 Å². The van der Waals surface area contributed by atoms with E-state index in [0.717, 1.165) is 84.3 Å². The highest BCUT2D eigenvalue weighted by molar-refractivity contribution is 9.34. The van der Waals surface area contributed by atoms with Gasteiger partial charge in [-0.3, -0.25) is 0 Å². The summed E-state index contributed by atoms with van der Waals surface area (Å²) in [5.41, 5.74) is 11.4. The van der Waals surface area contributed by atoms with Crippen molar-refractivity contribution in [3.63, 3.8) is 0 Å². The van der Waals surface area contributed by atoms with E-state index in [2.05, 4.69) is 147 Å². The quantitative estimate of drug-likeness (QED) is 0.183. The molecule has 0 atom stereocenters. The zero-order valence-corrected chi connectivity index (χ0v) is 28.1. The number of nitrogens with zero attached hydrogens (tertiary/aromatic N) is 2. The molecule has 3 aromatic heterocycles. The maximum Gasteiger partial charge on any atom is 0.0748 e. The summed E-state index contributed by atoms with van der Waals surface area (Å²) in [5, 5.41) is 1.85. The first-order valence-electron chi connectivity index (χ1n) is 13.1. The highest BCUT2D eigenvalue weighted by Crippen LogP contribution is 2.32. The van der Waals surface area contributed by atoms with Gasteiger partial charge in [0.2, 0.25) is 0 Å². The molecule has 0 unspecified atom stereocenters. The van der Waals surface area contributed by atoms with Gasteiger partial charge in [0.25, 0.3) is 0 Å². The fraction of sp³-hybridized carbons (Fsp3) is 0. The number of aromatic nitrogens is 4. The molecular weight excluding hydrogens is 784 g/mol. The van der Waals surface area contributed by atoms with Crippen molar-refractivity contribution in [1.82, 2.24) is 19.9 Å². The molecule has 5 aromatic rings. The highest BCUT2D eigenvalue weighted by atomic mass is 79.9. The molecule has 204 valence electrons. The maximum atomic E-state index is 5.17. The van der Waals surface area contributed by atoms with Crippen LogP contribution < -0.4 is 10.4 Å². The van der Waals surface area contributed by atoms with Gasteiger partial charge in [0, 0.05) is 43.6 Å². The van der Waals surface area contributed by atoms with E-state index in [4.69, 9.17) is 9.97 Å². The largest absolute Gasteiger partial charge is 0.354 e. The molecule has 5 heterocycles. The molecule has 0 spiro atoms. The van der Waals surface area contributed by atoms with Crippen LogP contribution in [0.4, 0.5) is 0 Å². The lowest BCUT2D eigenvalue weighted by atomic mass is 10.0. The van der Waals surface area contributed by atoms with E-state index in [9.17, 15) is 0 Å². The molecule has 0 radical (unpaired) electrons. The van der Waals surface area contributed by atoms with Crippen LogP contribution in [0, 0.1) is 0 Å². The van der Waals surface area contributed by atoms with Crippen LogP contribution in [-0.2, 0) is 0 Å². The summed E-state index contributed by atoms with van der Waals surface area (Å²) in [7, 11) is 0. The first-order valence-corrected chi connectivity index (χ1v) is 16.3. The lowest BCUT2D eigenvalue weighted by Crippen LogP contribution is -2.07. The number of hydrogen-bond donors (Lipinski definition) is 2. The molecular formula is C34H20Br4N4. The van der Waals surface area contributed by atoms with Crippen LogP contribution in [0.25, 0.3) is 75.4 Å². The van der Waals surface area contributed by atoms with Crippen LogP contribution >= 0.6 is 63.7 Å². The van der Waals surface area contributed by atoms with E-state index in [1.165, 1.54) is 0 Å². The van der Waals surface area contributed by atoms with Crippen LogP contribution in [0.15, 0.2) is 84.9 Å². The minimum Gasteiger partial charge on any atom is -0.354 e. The van der Waals surface area contributed by atoms with Gasteiger partial charge >= 0.3 is 0 Å². The molecule has 0 amide bonds. The minimum absolute atomic E-state index is 0.810. The van der Waals surface area contributed by atoms with Gasteiger partial charge in [-0.1, -0.05) is 60.7 Å². The summed E-state index contributed by atoms with van der Waals surface area (Å²) in [6.45, 7) is 0. The van der Waals surface area contributed by atoms with Crippen LogP contribution in [0.5, 0.6) is 0 Å². The van der Waals surface area contributed by atoms with Crippen molar-refractivity contribution < 1.29 is 0 Å². The van der Waals surface area contributed by atoms with Crippen molar-refractivity contribution >= 4 is 117 Å². The molecule has 0 fully saturated rings. The molecule has 2 aromatic carbocycles. The molecule has 8 heteroatoms. The van der Waals surface area contributed by atoms with Crippen molar-refractivity contribution in [2.75, 3.05) is 0 Å². The predicted molar refractivity (Wildman–Crippen MR) is 192 cm³/mol. The molecule has 2 aliphatic rings. The fourth-order valence-electron chi connectivity index (χ4n) is 5.42. The third-order valence-corrected chi connectivity index (χ3v) is 8.84. The first-order chi connectivity index (χ1) is 20.5. The highest BCUT2D eigenvalue weighted by Gasteiger charge is 2.15. The topological polar surface area (TPSA) is 57.4 Å². The smallest absolute Gasteiger partial charge is 0.0748 e. The lowest BCUT2D eigenvalue weighted by molar-refractivity contribution is 1.29. The number of nitrogens with one attached hydrogen (secondary N) is 2. The van der Waals surface area contributed by atoms with Crippen molar-refractivity contribution in [3.8, 4) is 22.3 Å². The van der Waals surface area contributed by atoms with Gasteiger partial charge in [0.1, 0.15) is 0 Å². The van der Waals surface area contributed by atoms with Crippen LogP contribution in [0.3, 0.4) is 0 Å². The number of H-pyrrole nitrogens is 2. The summed E-state index contributed by atoms with van der Waals surface area (Å²) in [6.07, 6.45) is 8.27. The molecule has 8 bridgehead atoms. The van der Waals surface area contributed by atoms with Crippen molar-refractivity contribution in [1.29, 1.82) is 0 Å². The molecule has 0 saturated carbocycles. The number of aromatic amines is 2. The monoisotopic (exact) mass is 800 g/mol. The Bertz CT molecular complexity index is 2060. The lowest BCUT2D eigenvalue weighted by Gasteiger charge is -2.04. The Morgan fingerprint density at radius 3 is 1.17 bits per heavy atom. The predicted octanol–water partition coefficient (Wildman–Crippen LogP) is 9.70. The van der Waals surface area contributed by atoms with Crippen molar-refractivity contribution in [2.45, 2.75) is 0 Å². The minimum atomic E-state index is 0.810. The average Bonchev–Trinajstić information content (AvgIpc) is 3.80. The normalized spacial score (nSPS) is 12.1. The van der Waals surface area contributed by atoms with Gasteiger partial charge in [-0.2, -0.15) is 0 Å². The van der Waals surface area contributed by atoms with E-state index in [-0.39, 0.29) is 0 Å². The Morgan fingerprint density at radius 2 is 0.786 bits per heavy atom. The van der Waals surface area contributed by atoms with Gasteiger partial charge < -0.3 is 9.97 Å². The summed E-state index contributed by atoms with van der Waals surface area (Å²) in [6, 6.07) is 29.1. The third-order valence-electron chi connectivity index (χ3n) is 7.26. The number of halogens is 4. The average molecular weight is 804 g/mol. The summed E-state index contributed by atoms with van der Waals surface area (Å²) in [5.74, 6) is 0. The Morgan fingerprint density at radius 1 is 0.429 bits per heavy atom. The fourth-order valence-corrected chi connectivity index (χ4v) is 7.09. The summed E-state index contributed by atoms with van der Waals surface area (Å²) in [4.78, 5) is 17.7. The number of fused-ring (bicyclic) bond motifs is 8. The molecule has 42 heavy (non-hydrogen) atoms. The molecule has 7 rings (SSSR count). The molecule has 2 N–H and O–H groups in total. The number of rotatable bonds is 2. The van der Waals surface area contributed by atoms with E-state index in [1.54, 1.807) is 0 Å². The van der Waals surface area contributed by atoms with Crippen molar-refractivity contribution in [2.24, 2.45) is 0 Å². The second-order valence-electron chi connectivity index (χ2n) is 9.76. The van der Waals surface area contributed by atoms with Gasteiger partial charge in [-0.25, -0.2) is 9.97 Å². The van der Waals surface area contributed by atoms with Crippen molar-refractivity contribution in [3.05, 3.63) is 118 Å². The second kappa shape index (κ2) is 11.4. The molecule has 0 saturated heterocycles. The van der Waals surface area contributed by atoms with Crippen LogP contribution in [0.2, 0.25) is 0 Å². The SMILES string of the molecule is BrC(Br)=c1c2nc(c(-c3ccccc3)c3ccc([nH]3)c(=C(Br)Br)c3nc(c(-c4ccccc4)c4ccc1[nH]4)C=C3)C=C2. The Balaban J connectivity index is 1.73. The van der Waals surface area contributed by atoms with E-state index >= 15 is 0 Å². The van der Waals surface area contributed by atoms with Gasteiger partial charge in [0.15, 0.2) is 0 Å². The summed E-state index contributed by atoms with van der Waals surface area (Å²) < 4.78 is 1.62. The van der Waals surface area contributed by atoms with E-state index in [0.29, 0.717) is 0 Å². The molecule has 0 aliphatic carbocycles. The van der Waals surface area contributed by atoms with Gasteiger partial charge in [0.05, 0.1) is 29.6 Å². The number of hydrogen-bond acceptors (Lipinski definition) is 2. The van der Waals surface area contributed by atoms with E-state index in [1.807, 2.05) is 36.4 Å². The maximum absolute atomic E-state index is 5.17. The zero-order valence-electron chi connectivity index (χ0n) is 21.8. The molecule has 2 aliphatic heterocycles. The van der Waals surface area contributed by atoms with Gasteiger partial charge in [-0.05, 0) is 123 Å². The first kappa shape index (κ1) is 27.5. The Hall–Kier alpha value is -3.30. The Labute approximate surface area is 275 Å². The zero-order chi connectivity index (χ0) is 28.8.